The molecule has 1 aromatic carbocycles. The maximum Gasteiger partial charge on any atom is 0.269 e. The van der Waals surface area contributed by atoms with Crippen LogP contribution in [-0.4, -0.2) is 24.1 Å². The van der Waals surface area contributed by atoms with Crippen LogP contribution in [0.4, 0.5) is 5.69 Å². The average molecular weight is 262 g/mol. The Labute approximate surface area is 112 Å². The molecule has 5 nitrogen and oxygen atoms in total. The third-order valence-electron chi connectivity index (χ3n) is 4.27. The zero-order valence-corrected chi connectivity index (χ0v) is 11.0. The predicted molar refractivity (Wildman–Crippen MR) is 71.3 cm³/mol. The fourth-order valence-electron chi connectivity index (χ4n) is 3.27. The van der Waals surface area contributed by atoms with Crippen molar-refractivity contribution in [3.8, 4) is 5.75 Å². The number of aryl methyl sites for hydroxylation is 1. The van der Waals surface area contributed by atoms with Gasteiger partial charge in [0.2, 0.25) is 0 Å². The van der Waals surface area contributed by atoms with Gasteiger partial charge in [0.15, 0.2) is 0 Å². The molecule has 3 rings (SSSR count). The first-order chi connectivity index (χ1) is 9.13. The fourth-order valence-corrected chi connectivity index (χ4v) is 3.27. The van der Waals surface area contributed by atoms with Crippen LogP contribution < -0.4 is 10.1 Å². The van der Waals surface area contributed by atoms with Crippen LogP contribution in [0.2, 0.25) is 0 Å². The Bertz CT molecular complexity index is 491. The Balaban J connectivity index is 1.69. The van der Waals surface area contributed by atoms with Crippen LogP contribution in [0.25, 0.3) is 0 Å². The summed E-state index contributed by atoms with van der Waals surface area (Å²) in [5.41, 5.74) is 0.960. The van der Waals surface area contributed by atoms with Gasteiger partial charge < -0.3 is 10.1 Å². The van der Waals surface area contributed by atoms with Crippen LogP contribution in [0.1, 0.15) is 18.4 Å². The van der Waals surface area contributed by atoms with Crippen molar-refractivity contribution in [3.05, 3.63) is 33.9 Å². The molecule has 1 aliphatic carbocycles. The zero-order valence-electron chi connectivity index (χ0n) is 11.0. The summed E-state index contributed by atoms with van der Waals surface area (Å²) in [4.78, 5) is 10.3. The predicted octanol–water partition coefficient (Wildman–Crippen LogP) is 2.28. The molecule has 1 aromatic rings. The SMILES string of the molecule is Cc1cc([N+](=O)[O-])ccc1OC1CC2CNCC2C1. The van der Waals surface area contributed by atoms with Gasteiger partial charge >= 0.3 is 0 Å². The van der Waals surface area contributed by atoms with E-state index < -0.39 is 0 Å². The molecule has 0 amide bonds. The van der Waals surface area contributed by atoms with E-state index in [2.05, 4.69) is 5.32 Å². The van der Waals surface area contributed by atoms with Gasteiger partial charge in [-0.05, 0) is 56.3 Å². The van der Waals surface area contributed by atoms with Crippen molar-refractivity contribution in [2.45, 2.75) is 25.9 Å². The summed E-state index contributed by atoms with van der Waals surface area (Å²) in [6.07, 6.45) is 2.44. The summed E-state index contributed by atoms with van der Waals surface area (Å²) in [5.74, 6) is 2.26. The Kier molecular flexibility index (Phi) is 3.14. The summed E-state index contributed by atoms with van der Waals surface area (Å²) in [6, 6.07) is 4.81. The molecule has 1 aliphatic heterocycles. The molecule has 5 heteroatoms. The van der Waals surface area contributed by atoms with Gasteiger partial charge in [-0.1, -0.05) is 0 Å². The second-order valence-corrected chi connectivity index (χ2v) is 5.60. The fraction of sp³-hybridized carbons (Fsp3) is 0.571. The molecule has 0 aromatic heterocycles. The van der Waals surface area contributed by atoms with Crippen LogP contribution in [0, 0.1) is 28.9 Å². The van der Waals surface area contributed by atoms with E-state index in [-0.39, 0.29) is 16.7 Å². The number of fused-ring (bicyclic) bond motifs is 1. The molecule has 1 saturated heterocycles. The number of ether oxygens (including phenoxy) is 1. The lowest BCUT2D eigenvalue weighted by Crippen LogP contribution is -2.18. The van der Waals surface area contributed by atoms with E-state index in [0.29, 0.717) is 0 Å². The molecule has 102 valence electrons. The highest BCUT2D eigenvalue weighted by Crippen LogP contribution is 2.37. The van der Waals surface area contributed by atoms with Crippen molar-refractivity contribution in [2.24, 2.45) is 11.8 Å². The van der Waals surface area contributed by atoms with E-state index in [4.69, 9.17) is 4.74 Å². The van der Waals surface area contributed by atoms with Crippen LogP contribution in [0.3, 0.4) is 0 Å². The minimum atomic E-state index is -0.373. The number of nitrogens with zero attached hydrogens (tertiary/aromatic N) is 1. The molecule has 2 atom stereocenters. The Morgan fingerprint density at radius 2 is 2.00 bits per heavy atom. The van der Waals surface area contributed by atoms with E-state index in [1.165, 1.54) is 6.07 Å². The molecule has 0 bridgehead atoms. The molecule has 2 unspecified atom stereocenters. The number of rotatable bonds is 3. The second-order valence-electron chi connectivity index (χ2n) is 5.60. The van der Waals surface area contributed by atoms with Gasteiger partial charge in [-0.3, -0.25) is 10.1 Å². The molecular weight excluding hydrogens is 244 g/mol. The highest BCUT2D eigenvalue weighted by molar-refractivity contribution is 5.43. The number of benzene rings is 1. The first kappa shape index (κ1) is 12.4. The van der Waals surface area contributed by atoms with E-state index in [9.17, 15) is 10.1 Å². The number of nitro benzene ring substituents is 1. The molecule has 0 radical (unpaired) electrons. The lowest BCUT2D eigenvalue weighted by Gasteiger charge is -2.16. The van der Waals surface area contributed by atoms with Crippen LogP contribution >= 0.6 is 0 Å². The highest BCUT2D eigenvalue weighted by Gasteiger charge is 2.38. The molecule has 2 aliphatic rings. The molecular formula is C14H18N2O3. The summed E-state index contributed by atoms with van der Waals surface area (Å²) in [7, 11) is 0. The van der Waals surface area contributed by atoms with E-state index in [1.54, 1.807) is 12.1 Å². The lowest BCUT2D eigenvalue weighted by molar-refractivity contribution is -0.384. The first-order valence-corrected chi connectivity index (χ1v) is 6.76. The third-order valence-corrected chi connectivity index (χ3v) is 4.27. The summed E-state index contributed by atoms with van der Waals surface area (Å²) < 4.78 is 6.03. The molecule has 0 spiro atoms. The second kappa shape index (κ2) is 4.81. The van der Waals surface area contributed by atoms with E-state index in [0.717, 1.165) is 49.1 Å². The van der Waals surface area contributed by atoms with Crippen molar-refractivity contribution in [3.63, 3.8) is 0 Å². The van der Waals surface area contributed by atoms with Crippen molar-refractivity contribution in [1.29, 1.82) is 0 Å². The van der Waals surface area contributed by atoms with Gasteiger partial charge in [-0.25, -0.2) is 0 Å². The number of non-ortho nitro benzene ring substituents is 1. The highest BCUT2D eigenvalue weighted by atomic mass is 16.6. The van der Waals surface area contributed by atoms with Crippen LogP contribution in [-0.2, 0) is 0 Å². The Hall–Kier alpha value is -1.62. The number of hydrogen-bond acceptors (Lipinski definition) is 4. The van der Waals surface area contributed by atoms with E-state index in [1.807, 2.05) is 6.92 Å². The number of nitrogens with one attached hydrogen (secondary N) is 1. The van der Waals surface area contributed by atoms with Crippen LogP contribution in [0.15, 0.2) is 18.2 Å². The van der Waals surface area contributed by atoms with Crippen molar-refractivity contribution < 1.29 is 9.66 Å². The van der Waals surface area contributed by atoms with Gasteiger partial charge in [-0.15, -0.1) is 0 Å². The third kappa shape index (κ3) is 2.42. The molecule has 2 fully saturated rings. The number of hydrogen-bond donors (Lipinski definition) is 1. The van der Waals surface area contributed by atoms with Crippen molar-refractivity contribution >= 4 is 5.69 Å². The maximum atomic E-state index is 10.7. The molecule has 1 heterocycles. The standard InChI is InChI=1S/C14H18N2O3/c1-9-4-12(16(17)18)2-3-14(9)19-13-5-10-7-15-8-11(10)6-13/h2-4,10-11,13,15H,5-8H2,1H3. The maximum absolute atomic E-state index is 10.7. The van der Waals surface area contributed by atoms with Crippen LogP contribution in [0.5, 0.6) is 5.75 Å². The molecule has 1 saturated carbocycles. The Morgan fingerprint density at radius 3 is 2.58 bits per heavy atom. The van der Waals surface area contributed by atoms with Crippen molar-refractivity contribution in [1.82, 2.24) is 5.32 Å². The van der Waals surface area contributed by atoms with Gasteiger partial charge in [0.25, 0.3) is 5.69 Å². The molecule has 1 N–H and O–H groups in total. The number of nitro groups is 1. The summed E-state index contributed by atoms with van der Waals surface area (Å²) in [5, 5.41) is 14.1. The monoisotopic (exact) mass is 262 g/mol. The van der Waals surface area contributed by atoms with Gasteiger partial charge in [0.1, 0.15) is 5.75 Å². The lowest BCUT2D eigenvalue weighted by atomic mass is 10.0. The molecule has 19 heavy (non-hydrogen) atoms. The normalized spacial score (nSPS) is 29.2. The van der Waals surface area contributed by atoms with Gasteiger partial charge in [-0.2, -0.15) is 0 Å². The van der Waals surface area contributed by atoms with Crippen molar-refractivity contribution in [2.75, 3.05) is 13.1 Å². The zero-order chi connectivity index (χ0) is 13.4. The van der Waals surface area contributed by atoms with Gasteiger partial charge in [0, 0.05) is 12.1 Å². The smallest absolute Gasteiger partial charge is 0.269 e. The average Bonchev–Trinajstić information content (AvgIpc) is 2.92. The van der Waals surface area contributed by atoms with Gasteiger partial charge in [0.05, 0.1) is 11.0 Å². The summed E-state index contributed by atoms with van der Waals surface area (Å²) in [6.45, 7) is 4.06. The minimum absolute atomic E-state index is 0.123. The minimum Gasteiger partial charge on any atom is -0.490 e. The summed E-state index contributed by atoms with van der Waals surface area (Å²) >= 11 is 0. The Morgan fingerprint density at radius 1 is 1.32 bits per heavy atom. The largest absolute Gasteiger partial charge is 0.490 e. The quantitative estimate of drug-likeness (QED) is 0.670. The first-order valence-electron chi connectivity index (χ1n) is 6.76. The topological polar surface area (TPSA) is 64.4 Å². The van der Waals surface area contributed by atoms with E-state index >= 15 is 0 Å².